The van der Waals surface area contributed by atoms with E-state index in [1.807, 2.05) is 44.2 Å². The third-order valence-electron chi connectivity index (χ3n) is 3.02. The molecule has 0 aliphatic carbocycles. The van der Waals surface area contributed by atoms with Gasteiger partial charge in [-0.3, -0.25) is 9.59 Å². The Labute approximate surface area is 107 Å². The monoisotopic (exact) mass is 246 g/mol. The van der Waals surface area contributed by atoms with Crippen molar-refractivity contribution in [2.75, 3.05) is 0 Å². The zero-order chi connectivity index (χ0) is 13.1. The first-order valence-electron chi connectivity index (χ1n) is 6.23. The molecule has 0 aromatic heterocycles. The molecule has 0 spiro atoms. The van der Waals surface area contributed by atoms with E-state index in [4.69, 9.17) is 0 Å². The molecule has 1 aromatic rings. The Morgan fingerprint density at radius 2 is 1.72 bits per heavy atom. The van der Waals surface area contributed by atoms with E-state index in [0.717, 1.165) is 5.56 Å². The molecule has 0 saturated carbocycles. The van der Waals surface area contributed by atoms with Gasteiger partial charge in [-0.25, -0.2) is 0 Å². The highest BCUT2D eigenvalue weighted by atomic mass is 16.2. The summed E-state index contributed by atoms with van der Waals surface area (Å²) in [7, 11) is 0. The molecule has 0 bridgehead atoms. The predicted octanol–water partition coefficient (Wildman–Crippen LogP) is 1.39. The lowest BCUT2D eigenvalue weighted by atomic mass is 9.97. The summed E-state index contributed by atoms with van der Waals surface area (Å²) >= 11 is 0. The van der Waals surface area contributed by atoms with Gasteiger partial charge in [0.25, 0.3) is 0 Å². The van der Waals surface area contributed by atoms with Crippen molar-refractivity contribution in [3.8, 4) is 0 Å². The van der Waals surface area contributed by atoms with Gasteiger partial charge in [-0.2, -0.15) is 0 Å². The van der Waals surface area contributed by atoms with Crippen LogP contribution in [0, 0.1) is 5.92 Å². The summed E-state index contributed by atoms with van der Waals surface area (Å²) in [5.41, 5.74) is 0.811. The van der Waals surface area contributed by atoms with E-state index in [1.54, 1.807) is 0 Å². The number of rotatable bonds is 3. The molecule has 18 heavy (non-hydrogen) atoms. The van der Waals surface area contributed by atoms with Gasteiger partial charge in [-0.05, 0) is 17.9 Å². The van der Waals surface area contributed by atoms with Crippen molar-refractivity contribution in [2.24, 2.45) is 5.92 Å². The number of hydrogen-bond donors (Lipinski definition) is 2. The standard InChI is InChI=1S/C14H18N2O2/c1-9(2)8-11-13(17)16-12(14(18)15-11)10-6-4-3-5-7-10/h3-7,9,11-12H,8H2,1-2H3,(H,15,18)(H,16,17)/t11-,12+/m0/s1. The summed E-state index contributed by atoms with van der Waals surface area (Å²) < 4.78 is 0. The second-order valence-corrected chi connectivity index (χ2v) is 5.04. The Morgan fingerprint density at radius 3 is 2.33 bits per heavy atom. The van der Waals surface area contributed by atoms with Crippen molar-refractivity contribution in [1.29, 1.82) is 0 Å². The fourth-order valence-electron chi connectivity index (χ4n) is 2.15. The van der Waals surface area contributed by atoms with Gasteiger partial charge >= 0.3 is 0 Å². The molecular formula is C14H18N2O2. The van der Waals surface area contributed by atoms with Crippen LogP contribution < -0.4 is 10.6 Å². The topological polar surface area (TPSA) is 58.2 Å². The maximum Gasteiger partial charge on any atom is 0.247 e. The number of carbonyl (C=O) groups is 2. The molecule has 2 atom stereocenters. The van der Waals surface area contributed by atoms with Crippen LogP contribution in [0.5, 0.6) is 0 Å². The van der Waals surface area contributed by atoms with Crippen LogP contribution in [0.25, 0.3) is 0 Å². The molecule has 1 aliphatic heterocycles. The number of hydrogen-bond acceptors (Lipinski definition) is 2. The van der Waals surface area contributed by atoms with E-state index in [0.29, 0.717) is 12.3 Å². The Kier molecular flexibility index (Phi) is 3.65. The van der Waals surface area contributed by atoms with Crippen molar-refractivity contribution in [3.63, 3.8) is 0 Å². The molecule has 1 fully saturated rings. The number of piperazine rings is 1. The molecule has 1 heterocycles. The molecule has 2 amide bonds. The first-order chi connectivity index (χ1) is 8.58. The van der Waals surface area contributed by atoms with Crippen molar-refractivity contribution in [2.45, 2.75) is 32.4 Å². The zero-order valence-electron chi connectivity index (χ0n) is 10.6. The van der Waals surface area contributed by atoms with E-state index in [9.17, 15) is 9.59 Å². The quantitative estimate of drug-likeness (QED) is 0.846. The van der Waals surface area contributed by atoms with Crippen LogP contribution in [0.4, 0.5) is 0 Å². The maximum atomic E-state index is 12.0. The van der Waals surface area contributed by atoms with E-state index in [1.165, 1.54) is 0 Å². The number of carbonyl (C=O) groups excluding carboxylic acids is 2. The molecule has 4 nitrogen and oxygen atoms in total. The summed E-state index contributed by atoms with van der Waals surface area (Å²) in [4.78, 5) is 23.9. The van der Waals surface area contributed by atoms with Gasteiger partial charge in [-0.1, -0.05) is 44.2 Å². The van der Waals surface area contributed by atoms with Crippen molar-refractivity contribution < 1.29 is 9.59 Å². The van der Waals surface area contributed by atoms with Gasteiger partial charge < -0.3 is 10.6 Å². The second-order valence-electron chi connectivity index (χ2n) is 5.04. The smallest absolute Gasteiger partial charge is 0.247 e. The summed E-state index contributed by atoms with van der Waals surface area (Å²) in [5.74, 6) is 0.137. The summed E-state index contributed by atoms with van der Waals surface area (Å²) in [6, 6.07) is 8.30. The molecular weight excluding hydrogens is 228 g/mol. The van der Waals surface area contributed by atoms with Crippen LogP contribution in [0.15, 0.2) is 30.3 Å². The molecule has 1 saturated heterocycles. The fraction of sp³-hybridized carbons (Fsp3) is 0.429. The largest absolute Gasteiger partial charge is 0.342 e. The molecule has 0 radical (unpaired) electrons. The molecule has 0 unspecified atom stereocenters. The first kappa shape index (κ1) is 12.6. The minimum atomic E-state index is -0.567. The van der Waals surface area contributed by atoms with Gasteiger partial charge in [0.1, 0.15) is 12.1 Å². The van der Waals surface area contributed by atoms with Crippen molar-refractivity contribution in [1.82, 2.24) is 10.6 Å². The molecule has 1 aromatic carbocycles. The van der Waals surface area contributed by atoms with E-state index >= 15 is 0 Å². The Bertz CT molecular complexity index is 442. The highest BCUT2D eigenvalue weighted by molar-refractivity contribution is 5.97. The number of benzene rings is 1. The van der Waals surface area contributed by atoms with Gasteiger partial charge in [0.05, 0.1) is 0 Å². The van der Waals surface area contributed by atoms with Crippen LogP contribution in [0.1, 0.15) is 31.9 Å². The van der Waals surface area contributed by atoms with Crippen molar-refractivity contribution in [3.05, 3.63) is 35.9 Å². The van der Waals surface area contributed by atoms with Crippen LogP contribution in [0.3, 0.4) is 0 Å². The average Bonchev–Trinajstić information content (AvgIpc) is 2.34. The lowest BCUT2D eigenvalue weighted by Crippen LogP contribution is -2.57. The minimum Gasteiger partial charge on any atom is -0.342 e. The van der Waals surface area contributed by atoms with Gasteiger partial charge in [0.15, 0.2) is 0 Å². The predicted molar refractivity (Wildman–Crippen MR) is 68.7 cm³/mol. The first-order valence-corrected chi connectivity index (χ1v) is 6.23. The zero-order valence-corrected chi connectivity index (χ0v) is 10.6. The van der Waals surface area contributed by atoms with Crippen LogP contribution in [-0.2, 0) is 9.59 Å². The van der Waals surface area contributed by atoms with E-state index in [-0.39, 0.29) is 11.8 Å². The van der Waals surface area contributed by atoms with Crippen LogP contribution in [-0.4, -0.2) is 17.9 Å². The van der Waals surface area contributed by atoms with Gasteiger partial charge in [-0.15, -0.1) is 0 Å². The fourth-order valence-corrected chi connectivity index (χ4v) is 2.15. The molecule has 96 valence electrons. The molecule has 4 heteroatoms. The summed E-state index contributed by atoms with van der Waals surface area (Å²) in [5, 5.41) is 5.58. The number of nitrogens with one attached hydrogen (secondary N) is 2. The molecule has 2 N–H and O–H groups in total. The van der Waals surface area contributed by atoms with Gasteiger partial charge in [0, 0.05) is 0 Å². The highest BCUT2D eigenvalue weighted by Gasteiger charge is 2.34. The Balaban J connectivity index is 2.11. The van der Waals surface area contributed by atoms with Crippen LogP contribution >= 0.6 is 0 Å². The second kappa shape index (κ2) is 5.21. The van der Waals surface area contributed by atoms with Crippen molar-refractivity contribution >= 4 is 11.8 Å². The van der Waals surface area contributed by atoms with E-state index < -0.39 is 12.1 Å². The Hall–Kier alpha value is -1.84. The molecule has 2 rings (SSSR count). The third kappa shape index (κ3) is 2.70. The minimum absolute atomic E-state index is 0.0999. The third-order valence-corrected chi connectivity index (χ3v) is 3.02. The SMILES string of the molecule is CC(C)C[C@@H]1NC(=O)[C@@H](c2ccccc2)NC1=O. The summed E-state index contributed by atoms with van der Waals surface area (Å²) in [6.45, 7) is 4.06. The Morgan fingerprint density at radius 1 is 1.06 bits per heavy atom. The maximum absolute atomic E-state index is 12.0. The van der Waals surface area contributed by atoms with Crippen LogP contribution in [0.2, 0.25) is 0 Å². The average molecular weight is 246 g/mol. The van der Waals surface area contributed by atoms with E-state index in [2.05, 4.69) is 10.6 Å². The highest BCUT2D eigenvalue weighted by Crippen LogP contribution is 2.18. The summed E-state index contributed by atoms with van der Waals surface area (Å²) in [6.07, 6.45) is 0.666. The van der Waals surface area contributed by atoms with Gasteiger partial charge in [0.2, 0.25) is 11.8 Å². The normalized spacial score (nSPS) is 23.7. The molecule has 1 aliphatic rings. The lowest BCUT2D eigenvalue weighted by molar-refractivity contribution is -0.137. The lowest BCUT2D eigenvalue weighted by Gasteiger charge is -2.30. The number of amides is 2.